The Morgan fingerprint density at radius 1 is 0.482 bits per heavy atom. The highest BCUT2D eigenvalue weighted by Gasteiger charge is 2.23. The summed E-state index contributed by atoms with van der Waals surface area (Å²) >= 11 is 0. The quantitative estimate of drug-likeness (QED) is 0.0264. The molecular weight excluding hydrogens is 729 g/mol. The van der Waals surface area contributed by atoms with Gasteiger partial charge in [0.05, 0.1) is 13.2 Å². The van der Waals surface area contributed by atoms with Crippen LogP contribution in [0.25, 0.3) is 0 Å². The smallest absolute Gasteiger partial charge is 0.462 e. The van der Waals surface area contributed by atoms with E-state index in [4.69, 9.17) is 30.1 Å². The summed E-state index contributed by atoms with van der Waals surface area (Å²) in [6.07, 6.45) is 42.5. The number of esters is 2. The van der Waals surface area contributed by atoms with Crippen LogP contribution in [0.1, 0.15) is 245 Å². The highest BCUT2D eigenvalue weighted by molar-refractivity contribution is 7.46. The van der Waals surface area contributed by atoms with Gasteiger partial charge in [0.1, 0.15) is 6.61 Å². The maximum absolute atomic E-state index is 12.4. The van der Waals surface area contributed by atoms with Crippen LogP contribution in [0.15, 0.2) is 0 Å². The second-order valence-electron chi connectivity index (χ2n) is 15.9. The van der Waals surface area contributed by atoms with E-state index in [1.54, 1.807) is 0 Å². The average molecular weight is 822 g/mol. The molecule has 0 aliphatic rings. The number of unbranched alkanes of at least 4 members (excludes halogenated alkanes) is 32. The summed E-state index contributed by atoms with van der Waals surface area (Å²) < 4.78 is 26.4. The third-order valence-electron chi connectivity index (χ3n) is 10.3. The van der Waals surface area contributed by atoms with Gasteiger partial charge in [-0.15, -0.1) is 0 Å². The van der Waals surface area contributed by atoms with Crippen molar-refractivity contribution in [1.82, 2.24) is 0 Å². The van der Waals surface area contributed by atoms with Crippen LogP contribution < -0.4 is 5.73 Å². The van der Waals surface area contributed by atoms with Crippen molar-refractivity contribution in [1.29, 1.82) is 0 Å². The molecule has 0 heterocycles. The number of carbonyl (C=O) groups excluding carboxylic acids is 2. The third kappa shape index (κ3) is 51.0. The zero-order valence-electron chi connectivity index (χ0n) is 36.7. The normalized spacial score (nSPS) is 12.0. The fraction of sp³-hybridized carbons (Fsp3) is 0.956. The molecule has 0 saturated carbocycles. The van der Waals surface area contributed by atoms with Crippen LogP contribution in [0.3, 0.4) is 0 Å². The molecule has 0 fully saturated rings. The molecule has 11 heteroatoms. The van der Waals surface area contributed by atoms with Crippen molar-refractivity contribution in [3.05, 3.63) is 0 Å². The number of aliphatic hydroxyl groups excluding tert-OH is 1. The van der Waals surface area contributed by atoms with Gasteiger partial charge in [-0.25, -0.2) is 4.57 Å². The van der Waals surface area contributed by atoms with Crippen LogP contribution in [-0.4, -0.2) is 59.3 Å². The first kappa shape index (κ1) is 57.1. The van der Waals surface area contributed by atoms with Crippen molar-refractivity contribution in [3.63, 3.8) is 0 Å². The second kappa shape index (κ2) is 46.7. The highest BCUT2D eigenvalue weighted by atomic mass is 31.2. The first-order valence-corrected chi connectivity index (χ1v) is 25.1. The van der Waals surface area contributed by atoms with Crippen LogP contribution in [0, 0.1) is 0 Å². The van der Waals surface area contributed by atoms with Gasteiger partial charge in [0.15, 0.2) is 6.10 Å². The van der Waals surface area contributed by atoms with Crippen molar-refractivity contribution >= 4 is 19.8 Å². The van der Waals surface area contributed by atoms with Gasteiger partial charge in [0.2, 0.25) is 0 Å². The van der Waals surface area contributed by atoms with E-state index in [1.807, 2.05) is 0 Å². The summed E-state index contributed by atoms with van der Waals surface area (Å²) in [7, 11) is -4.75. The number of aliphatic hydroxyl groups is 1. The van der Waals surface area contributed by atoms with E-state index in [0.29, 0.717) is 13.0 Å². The first-order valence-electron chi connectivity index (χ1n) is 23.6. The van der Waals surface area contributed by atoms with Gasteiger partial charge in [-0.05, 0) is 12.8 Å². The summed E-state index contributed by atoms with van der Waals surface area (Å²) in [5.74, 6) is -0.865. The predicted octanol–water partition coefficient (Wildman–Crippen LogP) is 12.6. The van der Waals surface area contributed by atoms with Crippen molar-refractivity contribution in [2.75, 3.05) is 26.4 Å². The van der Waals surface area contributed by atoms with Gasteiger partial charge in [-0.2, -0.15) is 0 Å². The van der Waals surface area contributed by atoms with Gasteiger partial charge in [-0.3, -0.25) is 14.1 Å². The zero-order chi connectivity index (χ0) is 41.6. The minimum atomic E-state index is -4.75. The van der Waals surface area contributed by atoms with Crippen LogP contribution in [-0.2, 0) is 28.2 Å². The van der Waals surface area contributed by atoms with Crippen molar-refractivity contribution < 1.29 is 43.0 Å². The number of rotatable bonds is 43. The summed E-state index contributed by atoms with van der Waals surface area (Å²) in [6, 6.07) is 0. The number of phosphoric acid groups is 1. The molecule has 0 aliphatic heterocycles. The number of nitrogens with two attached hydrogens (primary N) is 1. The summed E-state index contributed by atoms with van der Waals surface area (Å²) in [6.45, 7) is 4.20. The first-order chi connectivity index (χ1) is 27.2. The lowest BCUT2D eigenvalue weighted by Crippen LogP contribution is -2.29. The largest absolute Gasteiger partial charge is 0.469 e. The lowest BCUT2D eigenvalue weighted by Gasteiger charge is -2.18. The molecule has 0 aromatic rings. The van der Waals surface area contributed by atoms with E-state index < -0.39 is 32.5 Å². The second-order valence-corrected chi connectivity index (χ2v) is 17.1. The minimum absolute atomic E-state index is 0.0972. The molecule has 0 spiro atoms. The Balaban J connectivity index is 0. The molecule has 0 amide bonds. The zero-order valence-corrected chi connectivity index (χ0v) is 37.6. The van der Waals surface area contributed by atoms with Crippen LogP contribution in [0.4, 0.5) is 0 Å². The van der Waals surface area contributed by atoms with E-state index in [9.17, 15) is 14.2 Å². The Hall–Kier alpha value is -1.03. The Morgan fingerprint density at radius 2 is 0.750 bits per heavy atom. The van der Waals surface area contributed by atoms with Gasteiger partial charge in [-0.1, -0.05) is 219 Å². The molecular formula is C45H92NO9P. The van der Waals surface area contributed by atoms with Gasteiger partial charge >= 0.3 is 19.8 Å². The topological polar surface area (TPSA) is 166 Å². The number of hydrogen-bond acceptors (Lipinski definition) is 8. The van der Waals surface area contributed by atoms with Gasteiger partial charge < -0.3 is 30.1 Å². The molecule has 0 aromatic heterocycles. The fourth-order valence-corrected chi connectivity index (χ4v) is 7.15. The number of hydrogen-bond donors (Lipinski definition) is 4. The Kier molecular flexibility index (Phi) is 47.5. The Labute approximate surface area is 345 Å². The Morgan fingerprint density at radius 3 is 1.02 bits per heavy atom. The molecule has 336 valence electrons. The Bertz CT molecular complexity index is 855. The molecule has 0 aromatic carbocycles. The number of ether oxygens (including phenoxy) is 2. The van der Waals surface area contributed by atoms with Crippen molar-refractivity contribution in [3.8, 4) is 0 Å². The lowest BCUT2D eigenvalue weighted by molar-refractivity contribution is -0.161. The van der Waals surface area contributed by atoms with E-state index in [-0.39, 0.29) is 26.1 Å². The molecule has 0 saturated heterocycles. The molecule has 5 N–H and O–H groups in total. The predicted molar refractivity (Wildman–Crippen MR) is 233 cm³/mol. The van der Waals surface area contributed by atoms with E-state index in [1.165, 1.54) is 180 Å². The minimum Gasteiger partial charge on any atom is -0.462 e. The van der Waals surface area contributed by atoms with Crippen LogP contribution >= 0.6 is 7.82 Å². The number of carbonyl (C=O) groups is 2. The highest BCUT2D eigenvalue weighted by Crippen LogP contribution is 2.36. The van der Waals surface area contributed by atoms with Gasteiger partial charge in [0.25, 0.3) is 0 Å². The molecule has 56 heavy (non-hydrogen) atoms. The standard InChI is InChI=1S/C43H85O8P.C2H7NO/c1-3-5-7-9-11-13-15-17-19-21-23-25-27-29-31-33-35-37-42(44)49-39-41(40-50-52(46,47)48)51-43(45)38-36-34-32-30-28-26-24-22-20-18-16-14-12-10-8-6-4-2;3-1-2-4/h41H,3-40H2,1-2H3,(H2,46,47,48);4H,1-3H2. The SMILES string of the molecule is CCCCCCCCCCCCCCCCCCCC(=O)OCC(COP(=O)(O)O)OC(=O)CCCCCCCCCCCCCCCCCCC.NCCO. The lowest BCUT2D eigenvalue weighted by atomic mass is 10.0. The molecule has 1 atom stereocenters. The van der Waals surface area contributed by atoms with E-state index >= 15 is 0 Å². The average Bonchev–Trinajstić information content (AvgIpc) is 3.18. The van der Waals surface area contributed by atoms with E-state index in [0.717, 1.165) is 32.1 Å². The van der Waals surface area contributed by atoms with Gasteiger partial charge in [0, 0.05) is 19.4 Å². The maximum atomic E-state index is 12.4. The molecule has 10 nitrogen and oxygen atoms in total. The molecule has 0 aliphatic carbocycles. The summed E-state index contributed by atoms with van der Waals surface area (Å²) in [4.78, 5) is 42.9. The number of phosphoric ester groups is 1. The molecule has 0 radical (unpaired) electrons. The molecule has 0 rings (SSSR count). The monoisotopic (exact) mass is 822 g/mol. The summed E-state index contributed by atoms with van der Waals surface area (Å²) in [5, 5.41) is 7.75. The summed E-state index contributed by atoms with van der Waals surface area (Å²) in [5.41, 5.74) is 4.78. The van der Waals surface area contributed by atoms with Crippen molar-refractivity contribution in [2.24, 2.45) is 5.73 Å². The molecule has 1 unspecified atom stereocenters. The third-order valence-corrected chi connectivity index (χ3v) is 10.7. The molecule has 0 bridgehead atoms. The van der Waals surface area contributed by atoms with Crippen LogP contribution in [0.2, 0.25) is 0 Å². The fourth-order valence-electron chi connectivity index (χ4n) is 6.79. The van der Waals surface area contributed by atoms with Crippen molar-refractivity contribution in [2.45, 2.75) is 251 Å². The van der Waals surface area contributed by atoms with E-state index in [2.05, 4.69) is 18.4 Å². The maximum Gasteiger partial charge on any atom is 0.469 e. The van der Waals surface area contributed by atoms with Crippen LogP contribution in [0.5, 0.6) is 0 Å².